The SMILES string of the molecule is C[C@@H](c1ccccc1)N1[C@@H]2C[C@@H]([C@@H](O)[C@H]2O)[C@@H]1C(=O)O. The smallest absolute Gasteiger partial charge is 0.321 e. The number of carbonyl (C=O) groups is 1. The van der Waals surface area contributed by atoms with Crippen molar-refractivity contribution in [1.29, 1.82) is 0 Å². The molecule has 0 unspecified atom stereocenters. The summed E-state index contributed by atoms with van der Waals surface area (Å²) in [7, 11) is 0. The van der Waals surface area contributed by atoms with Crippen LogP contribution in [-0.2, 0) is 4.79 Å². The zero-order valence-corrected chi connectivity index (χ0v) is 11.3. The summed E-state index contributed by atoms with van der Waals surface area (Å²) in [5.41, 5.74) is 1.02. The molecule has 6 atom stereocenters. The van der Waals surface area contributed by atoms with E-state index in [-0.39, 0.29) is 12.1 Å². The van der Waals surface area contributed by atoms with Gasteiger partial charge < -0.3 is 15.3 Å². The molecule has 5 heteroatoms. The molecule has 20 heavy (non-hydrogen) atoms. The number of benzene rings is 1. The minimum absolute atomic E-state index is 0.102. The van der Waals surface area contributed by atoms with E-state index in [4.69, 9.17) is 0 Å². The quantitative estimate of drug-likeness (QED) is 0.755. The lowest BCUT2D eigenvalue weighted by Crippen LogP contribution is -2.57. The van der Waals surface area contributed by atoms with Crippen LogP contribution in [0.3, 0.4) is 0 Å². The third-order valence-electron chi connectivity index (χ3n) is 4.79. The van der Waals surface area contributed by atoms with E-state index in [1.807, 2.05) is 42.2 Å². The van der Waals surface area contributed by atoms with E-state index in [0.717, 1.165) is 5.56 Å². The summed E-state index contributed by atoms with van der Waals surface area (Å²) in [4.78, 5) is 13.4. The maximum absolute atomic E-state index is 11.6. The highest BCUT2D eigenvalue weighted by molar-refractivity contribution is 5.75. The van der Waals surface area contributed by atoms with Crippen LogP contribution >= 0.6 is 0 Å². The van der Waals surface area contributed by atoms with Gasteiger partial charge in [-0.25, -0.2) is 0 Å². The summed E-state index contributed by atoms with van der Waals surface area (Å²) in [5, 5.41) is 29.5. The number of hydrogen-bond donors (Lipinski definition) is 3. The molecule has 0 radical (unpaired) electrons. The Morgan fingerprint density at radius 3 is 2.50 bits per heavy atom. The molecule has 1 aliphatic carbocycles. The molecule has 1 heterocycles. The fraction of sp³-hybridized carbons (Fsp3) is 0.533. The molecular weight excluding hydrogens is 258 g/mol. The molecule has 108 valence electrons. The van der Waals surface area contributed by atoms with Crippen molar-refractivity contribution in [2.75, 3.05) is 0 Å². The minimum atomic E-state index is -0.930. The lowest BCUT2D eigenvalue weighted by Gasteiger charge is -2.41. The van der Waals surface area contributed by atoms with Crippen molar-refractivity contribution >= 4 is 5.97 Å². The largest absolute Gasteiger partial charge is 0.480 e. The van der Waals surface area contributed by atoms with Crippen LogP contribution in [-0.4, -0.2) is 50.5 Å². The van der Waals surface area contributed by atoms with E-state index in [9.17, 15) is 20.1 Å². The lowest BCUT2D eigenvalue weighted by atomic mass is 9.92. The predicted octanol–water partition coefficient (Wildman–Crippen LogP) is 0.627. The van der Waals surface area contributed by atoms with Crippen LogP contribution in [0, 0.1) is 5.92 Å². The topological polar surface area (TPSA) is 81.0 Å². The predicted molar refractivity (Wildman–Crippen MR) is 72.0 cm³/mol. The van der Waals surface area contributed by atoms with Crippen molar-refractivity contribution in [2.24, 2.45) is 5.92 Å². The number of aliphatic carboxylic acids is 1. The fourth-order valence-electron chi connectivity index (χ4n) is 3.82. The summed E-state index contributed by atoms with van der Waals surface area (Å²) >= 11 is 0. The molecule has 2 aliphatic rings. The summed E-state index contributed by atoms with van der Waals surface area (Å²) in [6, 6.07) is 8.55. The summed E-state index contributed by atoms with van der Waals surface area (Å²) in [5.74, 6) is -1.31. The van der Waals surface area contributed by atoms with Gasteiger partial charge in [0, 0.05) is 18.0 Å². The monoisotopic (exact) mass is 277 g/mol. The maximum Gasteiger partial charge on any atom is 0.321 e. The Morgan fingerprint density at radius 2 is 1.90 bits per heavy atom. The Hall–Kier alpha value is -1.43. The number of fused-ring (bicyclic) bond motifs is 2. The first-order valence-electron chi connectivity index (χ1n) is 6.93. The average molecular weight is 277 g/mol. The van der Waals surface area contributed by atoms with Crippen LogP contribution < -0.4 is 0 Å². The zero-order valence-electron chi connectivity index (χ0n) is 11.3. The van der Waals surface area contributed by atoms with E-state index < -0.39 is 30.1 Å². The lowest BCUT2D eigenvalue weighted by molar-refractivity contribution is -0.154. The van der Waals surface area contributed by atoms with Crippen LogP contribution in [0.4, 0.5) is 0 Å². The van der Waals surface area contributed by atoms with Gasteiger partial charge in [0.05, 0.1) is 12.2 Å². The third kappa shape index (κ3) is 1.85. The molecular formula is C15H19NO4. The molecule has 1 aromatic rings. The molecule has 1 aromatic carbocycles. The van der Waals surface area contributed by atoms with Gasteiger partial charge in [0.2, 0.25) is 0 Å². The molecule has 0 aromatic heterocycles. The molecule has 1 aliphatic heterocycles. The Kier molecular flexibility index (Phi) is 3.28. The molecule has 5 nitrogen and oxygen atoms in total. The Bertz CT molecular complexity index is 506. The second kappa shape index (κ2) is 4.84. The number of hydrogen-bond acceptors (Lipinski definition) is 4. The first-order chi connectivity index (χ1) is 9.52. The van der Waals surface area contributed by atoms with Crippen molar-refractivity contribution in [3.8, 4) is 0 Å². The van der Waals surface area contributed by atoms with Crippen molar-refractivity contribution in [2.45, 2.75) is 43.7 Å². The normalized spacial score (nSPS) is 38.0. The Morgan fingerprint density at radius 1 is 1.25 bits per heavy atom. The second-order valence-corrected chi connectivity index (χ2v) is 5.77. The molecule has 2 fully saturated rings. The van der Waals surface area contributed by atoms with Gasteiger partial charge in [-0.3, -0.25) is 9.69 Å². The standard InChI is InChI=1S/C15H19NO4/c1-8(9-5-3-2-4-6-9)16-11-7-10(12(16)15(19)20)13(17)14(11)18/h2-6,8,10-14,17-18H,7H2,1H3,(H,19,20)/t8-,10+,11+,12+,13+,14-/m0/s1. The zero-order chi connectivity index (χ0) is 14.4. The van der Waals surface area contributed by atoms with Gasteiger partial charge in [-0.15, -0.1) is 0 Å². The van der Waals surface area contributed by atoms with Gasteiger partial charge >= 0.3 is 5.97 Å². The second-order valence-electron chi connectivity index (χ2n) is 5.77. The highest BCUT2D eigenvalue weighted by Gasteiger charge is 2.59. The summed E-state index contributed by atoms with van der Waals surface area (Å²) in [6.45, 7) is 1.95. The summed E-state index contributed by atoms with van der Waals surface area (Å²) in [6.07, 6.45) is -1.25. The molecule has 3 N–H and O–H groups in total. The first-order valence-corrected chi connectivity index (χ1v) is 6.93. The van der Waals surface area contributed by atoms with Crippen LogP contribution in [0.25, 0.3) is 0 Å². The molecule has 1 saturated carbocycles. The minimum Gasteiger partial charge on any atom is -0.480 e. The van der Waals surface area contributed by atoms with Crippen molar-refractivity contribution in [3.05, 3.63) is 35.9 Å². The number of nitrogens with zero attached hydrogens (tertiary/aromatic N) is 1. The van der Waals surface area contributed by atoms with Crippen molar-refractivity contribution < 1.29 is 20.1 Å². The fourth-order valence-corrected chi connectivity index (χ4v) is 3.82. The number of likely N-dealkylation sites (tertiary alicyclic amines) is 1. The molecule has 3 rings (SSSR count). The van der Waals surface area contributed by atoms with E-state index >= 15 is 0 Å². The number of aliphatic hydroxyl groups excluding tert-OH is 2. The maximum atomic E-state index is 11.6. The van der Waals surface area contributed by atoms with E-state index in [0.29, 0.717) is 6.42 Å². The van der Waals surface area contributed by atoms with Gasteiger partial charge in [-0.05, 0) is 18.9 Å². The molecule has 2 bridgehead atoms. The van der Waals surface area contributed by atoms with Crippen molar-refractivity contribution in [3.63, 3.8) is 0 Å². The summed E-state index contributed by atoms with van der Waals surface area (Å²) < 4.78 is 0. The third-order valence-corrected chi connectivity index (χ3v) is 4.79. The Balaban J connectivity index is 1.93. The molecule has 0 amide bonds. The average Bonchev–Trinajstić information content (AvgIpc) is 2.97. The van der Waals surface area contributed by atoms with Crippen LogP contribution in [0.1, 0.15) is 24.9 Å². The number of piperidine rings is 1. The first kappa shape index (κ1) is 13.5. The van der Waals surface area contributed by atoms with Gasteiger partial charge in [0.15, 0.2) is 0 Å². The van der Waals surface area contributed by atoms with Gasteiger partial charge in [-0.2, -0.15) is 0 Å². The van der Waals surface area contributed by atoms with Crippen LogP contribution in [0.15, 0.2) is 30.3 Å². The van der Waals surface area contributed by atoms with E-state index in [1.54, 1.807) is 0 Å². The van der Waals surface area contributed by atoms with Gasteiger partial charge in [0.1, 0.15) is 6.04 Å². The van der Waals surface area contributed by atoms with Gasteiger partial charge in [-0.1, -0.05) is 30.3 Å². The molecule has 0 spiro atoms. The van der Waals surface area contributed by atoms with Crippen molar-refractivity contribution in [1.82, 2.24) is 4.90 Å². The number of carboxylic acid groups (broad SMARTS) is 1. The van der Waals surface area contributed by atoms with Gasteiger partial charge in [0.25, 0.3) is 0 Å². The highest BCUT2D eigenvalue weighted by Crippen LogP contribution is 2.46. The van der Waals surface area contributed by atoms with E-state index in [1.165, 1.54) is 0 Å². The highest BCUT2D eigenvalue weighted by atomic mass is 16.4. The number of aliphatic hydroxyl groups is 2. The molecule has 1 saturated heterocycles. The van der Waals surface area contributed by atoms with E-state index in [2.05, 4.69) is 0 Å². The number of carboxylic acids is 1. The Labute approximate surface area is 117 Å². The van der Waals surface area contributed by atoms with Crippen LogP contribution in [0.2, 0.25) is 0 Å². The van der Waals surface area contributed by atoms with Crippen LogP contribution in [0.5, 0.6) is 0 Å². The number of rotatable bonds is 3.